The number of aryl methyl sites for hydroxylation is 1. The first-order chi connectivity index (χ1) is 18.6. The number of nitrogens with one attached hydrogen (secondary N) is 1. The van der Waals surface area contributed by atoms with E-state index in [0.29, 0.717) is 17.9 Å². The number of benzene rings is 3. The minimum Gasteiger partial charge on any atom is -0.497 e. The Balaban J connectivity index is 2.03. The molecule has 0 saturated carbocycles. The summed E-state index contributed by atoms with van der Waals surface area (Å²) in [5, 5.41) is 2.90. The molecule has 0 aromatic heterocycles. The van der Waals surface area contributed by atoms with E-state index in [4.69, 9.17) is 4.74 Å². The van der Waals surface area contributed by atoms with Gasteiger partial charge in [0.1, 0.15) is 18.3 Å². The highest BCUT2D eigenvalue weighted by atomic mass is 32.2. The first kappa shape index (κ1) is 29.7. The number of anilines is 1. The minimum atomic E-state index is -4.13. The lowest BCUT2D eigenvalue weighted by atomic mass is 10.1. The number of carbonyl (C=O) groups excluding carboxylic acids is 2. The molecule has 0 bridgehead atoms. The molecule has 1 N–H and O–H groups in total. The predicted molar refractivity (Wildman–Crippen MR) is 153 cm³/mol. The highest BCUT2D eigenvalue weighted by molar-refractivity contribution is 7.92. The second kappa shape index (κ2) is 13.3. The number of para-hydroxylation sites is 1. The van der Waals surface area contributed by atoms with Crippen molar-refractivity contribution in [2.24, 2.45) is 0 Å². The average molecular weight is 552 g/mol. The van der Waals surface area contributed by atoms with Gasteiger partial charge in [-0.15, -0.1) is 0 Å². The smallest absolute Gasteiger partial charge is 0.264 e. The van der Waals surface area contributed by atoms with Crippen LogP contribution in [0, 0.1) is 6.92 Å². The lowest BCUT2D eigenvalue weighted by molar-refractivity contribution is -0.140. The first-order valence-corrected chi connectivity index (χ1v) is 14.4. The van der Waals surface area contributed by atoms with Gasteiger partial charge in [-0.1, -0.05) is 55.0 Å². The summed E-state index contributed by atoms with van der Waals surface area (Å²) in [7, 11) is -2.63. The van der Waals surface area contributed by atoms with Crippen molar-refractivity contribution in [2.75, 3.05) is 18.0 Å². The molecule has 39 heavy (non-hydrogen) atoms. The lowest BCUT2D eigenvalue weighted by Crippen LogP contribution is -2.53. The van der Waals surface area contributed by atoms with Crippen molar-refractivity contribution in [3.63, 3.8) is 0 Å². The molecule has 0 fully saturated rings. The second-order valence-corrected chi connectivity index (χ2v) is 11.5. The van der Waals surface area contributed by atoms with Gasteiger partial charge in [0.25, 0.3) is 10.0 Å². The van der Waals surface area contributed by atoms with Crippen LogP contribution in [0.4, 0.5) is 5.69 Å². The summed E-state index contributed by atoms with van der Waals surface area (Å²) in [6, 6.07) is 21.3. The molecule has 9 heteroatoms. The monoisotopic (exact) mass is 551 g/mol. The summed E-state index contributed by atoms with van der Waals surface area (Å²) in [6.07, 6.45) is 0.368. The number of ether oxygens (including phenoxy) is 1. The van der Waals surface area contributed by atoms with Gasteiger partial charge in [0, 0.05) is 12.6 Å². The van der Waals surface area contributed by atoms with E-state index in [0.717, 1.165) is 15.4 Å². The topological polar surface area (TPSA) is 96.0 Å². The third kappa shape index (κ3) is 7.60. The van der Waals surface area contributed by atoms with Crippen LogP contribution in [0.25, 0.3) is 0 Å². The van der Waals surface area contributed by atoms with E-state index in [9.17, 15) is 18.0 Å². The maximum absolute atomic E-state index is 14.0. The van der Waals surface area contributed by atoms with Crippen molar-refractivity contribution in [3.05, 3.63) is 90.0 Å². The number of carbonyl (C=O) groups is 2. The Morgan fingerprint density at radius 2 is 1.54 bits per heavy atom. The van der Waals surface area contributed by atoms with Gasteiger partial charge < -0.3 is 15.0 Å². The number of methoxy groups -OCH3 is 1. The van der Waals surface area contributed by atoms with E-state index >= 15 is 0 Å². The van der Waals surface area contributed by atoms with E-state index in [-0.39, 0.29) is 23.4 Å². The van der Waals surface area contributed by atoms with Gasteiger partial charge in [-0.05, 0) is 69.2 Å². The van der Waals surface area contributed by atoms with Crippen LogP contribution in [0.2, 0.25) is 0 Å². The molecule has 0 aliphatic carbocycles. The molecule has 0 radical (unpaired) electrons. The molecule has 1 unspecified atom stereocenters. The summed E-state index contributed by atoms with van der Waals surface area (Å²) >= 11 is 0. The molecule has 0 heterocycles. The number of hydrogen-bond donors (Lipinski definition) is 1. The average Bonchev–Trinajstić information content (AvgIpc) is 2.92. The Kier molecular flexibility index (Phi) is 10.1. The van der Waals surface area contributed by atoms with Gasteiger partial charge in [-0.3, -0.25) is 13.9 Å². The molecule has 3 rings (SSSR count). The summed E-state index contributed by atoms with van der Waals surface area (Å²) in [5.41, 5.74) is 2.26. The first-order valence-electron chi connectivity index (χ1n) is 12.9. The zero-order chi connectivity index (χ0) is 28.6. The van der Waals surface area contributed by atoms with Crippen LogP contribution in [0.15, 0.2) is 83.8 Å². The molecule has 0 spiro atoms. The number of hydrogen-bond acceptors (Lipinski definition) is 5. The Morgan fingerprint density at radius 3 is 2.08 bits per heavy atom. The van der Waals surface area contributed by atoms with E-state index in [1.165, 1.54) is 24.1 Å². The third-order valence-corrected chi connectivity index (χ3v) is 8.05. The number of nitrogens with zero attached hydrogens (tertiary/aromatic N) is 2. The van der Waals surface area contributed by atoms with Gasteiger partial charge in [-0.25, -0.2) is 8.42 Å². The molecule has 208 valence electrons. The van der Waals surface area contributed by atoms with E-state index in [1.54, 1.807) is 42.5 Å². The third-order valence-electron chi connectivity index (χ3n) is 6.26. The van der Waals surface area contributed by atoms with Gasteiger partial charge in [0.05, 0.1) is 17.7 Å². The SMILES string of the molecule is CCC(C(=O)NC(C)C)N(Cc1ccc(C)cc1)C(=O)CN(c1ccccc1)S(=O)(=O)c1ccc(OC)cc1. The summed E-state index contributed by atoms with van der Waals surface area (Å²) in [5.74, 6) is -0.248. The molecule has 0 saturated heterocycles. The zero-order valence-corrected chi connectivity index (χ0v) is 23.9. The van der Waals surface area contributed by atoms with Crippen molar-refractivity contribution in [1.29, 1.82) is 0 Å². The Hall–Kier alpha value is -3.85. The van der Waals surface area contributed by atoms with Crippen LogP contribution in [0.1, 0.15) is 38.3 Å². The van der Waals surface area contributed by atoms with Gasteiger partial charge >= 0.3 is 0 Å². The fourth-order valence-corrected chi connectivity index (χ4v) is 5.60. The maximum Gasteiger partial charge on any atom is 0.264 e. The standard InChI is InChI=1S/C30H37N3O5S/c1-6-28(30(35)31-22(2)3)32(20-24-14-12-23(4)13-15-24)29(34)21-33(25-10-8-7-9-11-25)39(36,37)27-18-16-26(38-5)17-19-27/h7-19,22,28H,6,20-21H2,1-5H3,(H,31,35). The second-order valence-electron chi connectivity index (χ2n) is 9.62. The van der Waals surface area contributed by atoms with Crippen LogP contribution in [0.5, 0.6) is 5.75 Å². The molecule has 1 atom stereocenters. The molecule has 2 amide bonds. The van der Waals surface area contributed by atoms with Crippen molar-refractivity contribution in [1.82, 2.24) is 10.2 Å². The predicted octanol–water partition coefficient (Wildman–Crippen LogP) is 4.53. The molecule has 0 aliphatic rings. The fourth-order valence-electron chi connectivity index (χ4n) is 4.19. The van der Waals surface area contributed by atoms with Crippen LogP contribution in [-0.2, 0) is 26.2 Å². The summed E-state index contributed by atoms with van der Waals surface area (Å²) in [6.45, 7) is 7.21. The lowest BCUT2D eigenvalue weighted by Gasteiger charge is -2.33. The highest BCUT2D eigenvalue weighted by Crippen LogP contribution is 2.26. The Bertz CT molecular complexity index is 1340. The zero-order valence-electron chi connectivity index (χ0n) is 23.1. The molecular formula is C30H37N3O5S. The Morgan fingerprint density at radius 1 is 0.923 bits per heavy atom. The van der Waals surface area contributed by atoms with Crippen LogP contribution < -0.4 is 14.4 Å². The normalized spacial score (nSPS) is 12.1. The number of sulfonamides is 1. The van der Waals surface area contributed by atoms with E-state index < -0.39 is 28.5 Å². The van der Waals surface area contributed by atoms with Crippen molar-refractivity contribution >= 4 is 27.5 Å². The number of amides is 2. The van der Waals surface area contributed by atoms with E-state index in [1.807, 2.05) is 52.0 Å². The highest BCUT2D eigenvalue weighted by Gasteiger charge is 2.33. The van der Waals surface area contributed by atoms with Crippen molar-refractivity contribution in [2.45, 2.75) is 57.6 Å². The largest absolute Gasteiger partial charge is 0.497 e. The molecular weight excluding hydrogens is 514 g/mol. The van der Waals surface area contributed by atoms with Gasteiger partial charge in [-0.2, -0.15) is 0 Å². The van der Waals surface area contributed by atoms with Crippen LogP contribution >= 0.6 is 0 Å². The minimum absolute atomic E-state index is 0.0228. The van der Waals surface area contributed by atoms with Crippen LogP contribution in [0.3, 0.4) is 0 Å². The molecule has 3 aromatic rings. The quantitative estimate of drug-likeness (QED) is 0.357. The molecule has 0 aliphatic heterocycles. The van der Waals surface area contributed by atoms with Crippen molar-refractivity contribution < 1.29 is 22.7 Å². The van der Waals surface area contributed by atoms with Gasteiger partial charge in [0.15, 0.2) is 0 Å². The van der Waals surface area contributed by atoms with Crippen molar-refractivity contribution in [3.8, 4) is 5.75 Å². The van der Waals surface area contributed by atoms with Crippen LogP contribution in [-0.4, -0.2) is 50.9 Å². The maximum atomic E-state index is 14.0. The van der Waals surface area contributed by atoms with Gasteiger partial charge in [0.2, 0.25) is 11.8 Å². The summed E-state index contributed by atoms with van der Waals surface area (Å²) in [4.78, 5) is 28.6. The summed E-state index contributed by atoms with van der Waals surface area (Å²) < 4.78 is 33.9. The number of rotatable bonds is 12. The van der Waals surface area contributed by atoms with E-state index in [2.05, 4.69) is 5.32 Å². The molecule has 3 aromatic carbocycles. The Labute approximate surface area is 231 Å². The fraction of sp³-hybridized carbons (Fsp3) is 0.333. The molecule has 8 nitrogen and oxygen atoms in total.